The average Bonchev–Trinajstić information content (AvgIpc) is 2.82. The predicted octanol–water partition coefficient (Wildman–Crippen LogP) is 4.58. The molecule has 1 N–H and O–H groups in total. The van der Waals surface area contributed by atoms with E-state index >= 15 is 0 Å². The second kappa shape index (κ2) is 5.16. The van der Waals surface area contributed by atoms with Gasteiger partial charge in [0.15, 0.2) is 5.82 Å². The second-order valence-electron chi connectivity index (χ2n) is 6.78. The van der Waals surface area contributed by atoms with Crippen LogP contribution in [-0.2, 0) is 12.5 Å². The molecular formula is C19H23N3. The van der Waals surface area contributed by atoms with Crippen LogP contribution >= 0.6 is 0 Å². The molecule has 0 aliphatic rings. The maximum atomic E-state index is 4.49. The molecule has 3 heteroatoms. The van der Waals surface area contributed by atoms with Gasteiger partial charge < -0.3 is 5.32 Å². The quantitative estimate of drug-likeness (QED) is 0.749. The monoisotopic (exact) mass is 293 g/mol. The van der Waals surface area contributed by atoms with Gasteiger partial charge in [0.1, 0.15) is 0 Å². The zero-order valence-electron chi connectivity index (χ0n) is 13.9. The molecule has 0 fully saturated rings. The number of nitrogens with zero attached hydrogens (tertiary/aromatic N) is 2. The minimum atomic E-state index is 0.186. The normalized spacial score (nSPS) is 11.9. The molecule has 0 radical (unpaired) electrons. The largest absolute Gasteiger partial charge is 0.371 e. The third-order valence-corrected chi connectivity index (χ3v) is 4.17. The molecule has 3 rings (SSSR count). The van der Waals surface area contributed by atoms with Crippen molar-refractivity contribution in [1.82, 2.24) is 9.78 Å². The molecule has 0 amide bonds. The molecule has 0 aliphatic heterocycles. The molecule has 3 nitrogen and oxygen atoms in total. The molecule has 3 aromatic rings. The number of hydrogen-bond donors (Lipinski definition) is 1. The van der Waals surface area contributed by atoms with Gasteiger partial charge in [0.2, 0.25) is 0 Å². The van der Waals surface area contributed by atoms with Crippen molar-refractivity contribution in [3.8, 4) is 11.1 Å². The third-order valence-electron chi connectivity index (χ3n) is 4.17. The Kier molecular flexibility index (Phi) is 3.44. The van der Waals surface area contributed by atoms with E-state index in [1.54, 1.807) is 0 Å². The van der Waals surface area contributed by atoms with E-state index in [4.69, 9.17) is 0 Å². The van der Waals surface area contributed by atoms with E-state index in [9.17, 15) is 0 Å². The first-order valence-electron chi connectivity index (χ1n) is 7.65. The fourth-order valence-corrected chi connectivity index (χ4v) is 2.79. The first-order valence-corrected chi connectivity index (χ1v) is 7.65. The summed E-state index contributed by atoms with van der Waals surface area (Å²) in [7, 11) is 3.88. The highest BCUT2D eigenvalue weighted by molar-refractivity contribution is 5.93. The number of hydrogen-bond acceptors (Lipinski definition) is 2. The van der Waals surface area contributed by atoms with E-state index in [0.717, 1.165) is 16.7 Å². The van der Waals surface area contributed by atoms with Gasteiger partial charge in [0, 0.05) is 19.5 Å². The summed E-state index contributed by atoms with van der Waals surface area (Å²) < 4.78 is 1.91. The molecule has 0 saturated heterocycles. The Morgan fingerprint density at radius 3 is 2.18 bits per heavy atom. The molecule has 0 unspecified atom stereocenters. The fourth-order valence-electron chi connectivity index (χ4n) is 2.79. The summed E-state index contributed by atoms with van der Waals surface area (Å²) in [5.74, 6) is 0.922. The van der Waals surface area contributed by atoms with Gasteiger partial charge in [-0.3, -0.25) is 4.68 Å². The van der Waals surface area contributed by atoms with Gasteiger partial charge >= 0.3 is 0 Å². The van der Waals surface area contributed by atoms with E-state index in [2.05, 4.69) is 73.7 Å². The number of fused-ring (bicyclic) bond motifs is 1. The number of nitrogens with one attached hydrogen (secondary N) is 1. The van der Waals surface area contributed by atoms with Crippen molar-refractivity contribution >= 4 is 16.7 Å². The number of anilines is 1. The highest BCUT2D eigenvalue weighted by Crippen LogP contribution is 2.30. The van der Waals surface area contributed by atoms with Crippen molar-refractivity contribution in [2.45, 2.75) is 26.2 Å². The minimum Gasteiger partial charge on any atom is -0.371 e. The minimum absolute atomic E-state index is 0.186. The molecule has 114 valence electrons. The maximum absolute atomic E-state index is 4.49. The van der Waals surface area contributed by atoms with Crippen molar-refractivity contribution < 1.29 is 0 Å². The predicted molar refractivity (Wildman–Crippen MR) is 94.4 cm³/mol. The Hall–Kier alpha value is -2.29. The summed E-state index contributed by atoms with van der Waals surface area (Å²) in [6.45, 7) is 6.72. The molecule has 22 heavy (non-hydrogen) atoms. The van der Waals surface area contributed by atoms with E-state index < -0.39 is 0 Å². The lowest BCUT2D eigenvalue weighted by molar-refractivity contribution is 0.590. The highest BCUT2D eigenvalue weighted by Gasteiger charge is 2.13. The molecule has 1 heterocycles. The van der Waals surface area contributed by atoms with Gasteiger partial charge in [-0.05, 0) is 34.2 Å². The number of rotatable bonds is 2. The zero-order valence-corrected chi connectivity index (χ0v) is 13.9. The molecule has 0 spiro atoms. The van der Waals surface area contributed by atoms with Crippen molar-refractivity contribution in [3.05, 3.63) is 48.0 Å². The summed E-state index contributed by atoms with van der Waals surface area (Å²) in [5.41, 5.74) is 5.14. The summed E-state index contributed by atoms with van der Waals surface area (Å²) in [4.78, 5) is 0. The summed E-state index contributed by atoms with van der Waals surface area (Å²) in [5, 5.41) is 8.82. The molecule has 1 aromatic heterocycles. The third kappa shape index (κ3) is 2.47. The molecule has 0 saturated carbocycles. The van der Waals surface area contributed by atoms with Crippen LogP contribution in [0.25, 0.3) is 22.0 Å². The average molecular weight is 293 g/mol. The van der Waals surface area contributed by atoms with E-state index in [1.165, 1.54) is 16.7 Å². The van der Waals surface area contributed by atoms with E-state index in [1.807, 2.05) is 18.8 Å². The van der Waals surface area contributed by atoms with Crippen LogP contribution in [0.3, 0.4) is 0 Å². The summed E-state index contributed by atoms with van der Waals surface area (Å²) >= 11 is 0. The molecule has 0 atom stereocenters. The van der Waals surface area contributed by atoms with Gasteiger partial charge in [-0.2, -0.15) is 5.10 Å². The zero-order chi connectivity index (χ0) is 15.9. The van der Waals surface area contributed by atoms with Crippen LogP contribution in [0.15, 0.2) is 42.5 Å². The topological polar surface area (TPSA) is 29.9 Å². The molecule has 0 bridgehead atoms. The Morgan fingerprint density at radius 1 is 0.955 bits per heavy atom. The van der Waals surface area contributed by atoms with E-state index in [0.29, 0.717) is 0 Å². The lowest BCUT2D eigenvalue weighted by atomic mass is 9.86. The second-order valence-corrected chi connectivity index (χ2v) is 6.78. The number of benzene rings is 2. The lowest BCUT2D eigenvalue weighted by Crippen LogP contribution is -2.10. The SMILES string of the molecule is CNc1nn(C)c2ccc(-c3ccc(C(C)(C)C)cc3)cc12. The van der Waals surface area contributed by atoms with Crippen LogP contribution in [0.2, 0.25) is 0 Å². The van der Waals surface area contributed by atoms with Crippen molar-refractivity contribution in [3.63, 3.8) is 0 Å². The molecule has 2 aromatic carbocycles. The van der Waals surface area contributed by atoms with Gasteiger partial charge in [-0.15, -0.1) is 0 Å². The summed E-state index contributed by atoms with van der Waals surface area (Å²) in [6, 6.07) is 15.4. The van der Waals surface area contributed by atoms with Gasteiger partial charge in [-0.1, -0.05) is 51.1 Å². The molecular weight excluding hydrogens is 270 g/mol. The van der Waals surface area contributed by atoms with E-state index in [-0.39, 0.29) is 5.41 Å². The van der Waals surface area contributed by atoms with Gasteiger partial charge in [0.25, 0.3) is 0 Å². The fraction of sp³-hybridized carbons (Fsp3) is 0.316. The molecule has 0 aliphatic carbocycles. The summed E-state index contributed by atoms with van der Waals surface area (Å²) in [6.07, 6.45) is 0. The lowest BCUT2D eigenvalue weighted by Gasteiger charge is -2.19. The Balaban J connectivity index is 2.06. The van der Waals surface area contributed by atoms with Gasteiger partial charge in [0.05, 0.1) is 5.52 Å². The van der Waals surface area contributed by atoms with Crippen LogP contribution in [0.1, 0.15) is 26.3 Å². The number of aryl methyl sites for hydroxylation is 1. The smallest absolute Gasteiger partial charge is 0.155 e. The van der Waals surface area contributed by atoms with Crippen LogP contribution < -0.4 is 5.32 Å². The maximum Gasteiger partial charge on any atom is 0.155 e. The standard InChI is InChI=1S/C19H23N3/c1-19(2,3)15-9-6-13(7-10-15)14-8-11-17-16(12-14)18(20-4)21-22(17)5/h6-12H,1-5H3,(H,20,21). The Labute approximate surface area is 132 Å². The highest BCUT2D eigenvalue weighted by atomic mass is 15.3. The van der Waals surface area contributed by atoms with Crippen molar-refractivity contribution in [2.75, 3.05) is 12.4 Å². The number of aromatic nitrogens is 2. The Bertz CT molecular complexity index is 805. The first-order chi connectivity index (χ1) is 10.4. The van der Waals surface area contributed by atoms with Gasteiger partial charge in [-0.25, -0.2) is 0 Å². The van der Waals surface area contributed by atoms with Crippen LogP contribution in [0.5, 0.6) is 0 Å². The van der Waals surface area contributed by atoms with Crippen LogP contribution in [0.4, 0.5) is 5.82 Å². The van der Waals surface area contributed by atoms with Crippen molar-refractivity contribution in [1.29, 1.82) is 0 Å². The van der Waals surface area contributed by atoms with Crippen LogP contribution in [0, 0.1) is 0 Å². The van der Waals surface area contributed by atoms with Crippen molar-refractivity contribution in [2.24, 2.45) is 7.05 Å². The first kappa shape index (κ1) is 14.6. The Morgan fingerprint density at radius 2 is 1.59 bits per heavy atom. The van der Waals surface area contributed by atoms with Crippen LogP contribution in [-0.4, -0.2) is 16.8 Å².